The third-order valence-corrected chi connectivity index (χ3v) is 4.16. The predicted octanol–water partition coefficient (Wildman–Crippen LogP) is 2.32. The normalized spacial score (nSPS) is 13.1. The van der Waals surface area contributed by atoms with Crippen LogP contribution in [-0.4, -0.2) is 8.42 Å². The molecule has 0 aliphatic rings. The Labute approximate surface area is 123 Å². The summed E-state index contributed by atoms with van der Waals surface area (Å²) in [6.45, 7) is 2.55. The Morgan fingerprint density at radius 2 is 1.67 bits per heavy atom. The van der Waals surface area contributed by atoms with Gasteiger partial charge in [-0.25, -0.2) is 17.9 Å². The van der Waals surface area contributed by atoms with E-state index in [0.29, 0.717) is 6.54 Å². The van der Waals surface area contributed by atoms with Gasteiger partial charge in [0.05, 0.1) is 4.90 Å². The summed E-state index contributed by atoms with van der Waals surface area (Å²) in [5.41, 5.74) is 1.92. The molecule has 21 heavy (non-hydrogen) atoms. The zero-order valence-electron chi connectivity index (χ0n) is 11.6. The fourth-order valence-corrected chi connectivity index (χ4v) is 2.45. The molecule has 3 N–H and O–H groups in total. The van der Waals surface area contributed by atoms with E-state index in [4.69, 9.17) is 5.14 Å². The second-order valence-corrected chi connectivity index (χ2v) is 6.40. The van der Waals surface area contributed by atoms with Crippen molar-refractivity contribution in [3.63, 3.8) is 0 Å². The van der Waals surface area contributed by atoms with Crippen LogP contribution in [0.15, 0.2) is 53.4 Å². The first-order chi connectivity index (χ1) is 9.86. The quantitative estimate of drug-likeness (QED) is 0.890. The topological polar surface area (TPSA) is 72.2 Å². The van der Waals surface area contributed by atoms with Crippen molar-refractivity contribution in [2.75, 3.05) is 0 Å². The van der Waals surface area contributed by atoms with Crippen molar-refractivity contribution in [3.8, 4) is 0 Å². The van der Waals surface area contributed by atoms with Gasteiger partial charge in [-0.1, -0.05) is 24.3 Å². The molecule has 0 fully saturated rings. The van der Waals surface area contributed by atoms with Crippen LogP contribution in [0.2, 0.25) is 0 Å². The molecule has 2 rings (SSSR count). The summed E-state index contributed by atoms with van der Waals surface area (Å²) in [4.78, 5) is 0.0952. The average Bonchev–Trinajstić information content (AvgIpc) is 2.45. The Balaban J connectivity index is 1.98. The largest absolute Gasteiger partial charge is 0.306 e. The Kier molecular flexibility index (Phi) is 4.72. The van der Waals surface area contributed by atoms with E-state index in [9.17, 15) is 12.8 Å². The van der Waals surface area contributed by atoms with Crippen LogP contribution in [-0.2, 0) is 16.6 Å². The van der Waals surface area contributed by atoms with E-state index >= 15 is 0 Å². The SMILES string of the molecule is CC(NCc1ccc(S(N)(=O)=O)cc1)c1ccc(F)cc1. The number of hydrogen-bond donors (Lipinski definition) is 2. The molecule has 0 spiro atoms. The summed E-state index contributed by atoms with van der Waals surface area (Å²) in [5.74, 6) is -0.260. The number of halogens is 1. The summed E-state index contributed by atoms with van der Waals surface area (Å²) in [6, 6.07) is 12.8. The van der Waals surface area contributed by atoms with Crippen LogP contribution in [0.5, 0.6) is 0 Å². The second kappa shape index (κ2) is 6.34. The molecule has 0 saturated carbocycles. The van der Waals surface area contributed by atoms with Crippen LogP contribution >= 0.6 is 0 Å². The molecule has 0 saturated heterocycles. The summed E-state index contributed by atoms with van der Waals surface area (Å²) in [7, 11) is -3.65. The van der Waals surface area contributed by atoms with Gasteiger partial charge in [0.25, 0.3) is 0 Å². The number of nitrogens with one attached hydrogen (secondary N) is 1. The van der Waals surface area contributed by atoms with Crippen LogP contribution in [0.4, 0.5) is 4.39 Å². The minimum Gasteiger partial charge on any atom is -0.306 e. The van der Waals surface area contributed by atoms with E-state index in [2.05, 4.69) is 5.32 Å². The zero-order chi connectivity index (χ0) is 15.5. The van der Waals surface area contributed by atoms with Gasteiger partial charge in [0.1, 0.15) is 5.82 Å². The molecule has 0 aliphatic carbocycles. The first kappa shape index (κ1) is 15.6. The number of nitrogens with two attached hydrogens (primary N) is 1. The maximum atomic E-state index is 12.9. The molecule has 0 amide bonds. The van der Waals surface area contributed by atoms with E-state index in [1.807, 2.05) is 6.92 Å². The van der Waals surface area contributed by atoms with Gasteiger partial charge < -0.3 is 5.32 Å². The van der Waals surface area contributed by atoms with E-state index in [0.717, 1.165) is 11.1 Å². The third kappa shape index (κ3) is 4.35. The number of benzene rings is 2. The van der Waals surface area contributed by atoms with Gasteiger partial charge in [-0.2, -0.15) is 0 Å². The maximum Gasteiger partial charge on any atom is 0.238 e. The highest BCUT2D eigenvalue weighted by Crippen LogP contribution is 2.14. The van der Waals surface area contributed by atoms with E-state index in [1.165, 1.54) is 24.3 Å². The summed E-state index contributed by atoms with van der Waals surface area (Å²) >= 11 is 0. The lowest BCUT2D eigenvalue weighted by Crippen LogP contribution is -2.18. The molecule has 2 aromatic carbocycles. The minimum absolute atomic E-state index is 0.0588. The first-order valence-electron chi connectivity index (χ1n) is 6.47. The monoisotopic (exact) mass is 308 g/mol. The molecule has 4 nitrogen and oxygen atoms in total. The zero-order valence-corrected chi connectivity index (χ0v) is 12.4. The maximum absolute atomic E-state index is 12.9. The summed E-state index contributed by atoms with van der Waals surface area (Å²) in [6.07, 6.45) is 0. The molecular weight excluding hydrogens is 291 g/mol. The molecule has 0 aromatic heterocycles. The smallest absolute Gasteiger partial charge is 0.238 e. The highest BCUT2D eigenvalue weighted by molar-refractivity contribution is 7.89. The fourth-order valence-electron chi connectivity index (χ4n) is 1.94. The van der Waals surface area contributed by atoms with Gasteiger partial charge in [-0.05, 0) is 42.3 Å². The lowest BCUT2D eigenvalue weighted by Gasteiger charge is -2.14. The van der Waals surface area contributed by atoms with Crippen LogP contribution in [0.25, 0.3) is 0 Å². The van der Waals surface area contributed by atoms with Crippen molar-refractivity contribution in [2.45, 2.75) is 24.4 Å². The standard InChI is InChI=1S/C15H17FN2O2S/c1-11(13-4-6-14(16)7-5-13)18-10-12-2-8-15(9-3-12)21(17,19)20/h2-9,11,18H,10H2,1H3,(H2,17,19,20). The molecule has 2 aromatic rings. The molecule has 0 aliphatic heterocycles. The Morgan fingerprint density at radius 1 is 1.10 bits per heavy atom. The van der Waals surface area contributed by atoms with Crippen LogP contribution in [0, 0.1) is 5.82 Å². The molecule has 0 radical (unpaired) electrons. The van der Waals surface area contributed by atoms with Gasteiger partial charge in [0, 0.05) is 12.6 Å². The van der Waals surface area contributed by atoms with Gasteiger partial charge in [-0.15, -0.1) is 0 Å². The summed E-state index contributed by atoms with van der Waals surface area (Å²) < 4.78 is 35.2. The molecule has 112 valence electrons. The number of primary sulfonamides is 1. The second-order valence-electron chi connectivity index (χ2n) is 4.84. The predicted molar refractivity (Wildman–Crippen MR) is 79.5 cm³/mol. The lowest BCUT2D eigenvalue weighted by molar-refractivity contribution is 0.570. The van der Waals surface area contributed by atoms with Crippen molar-refractivity contribution in [1.82, 2.24) is 5.32 Å². The highest BCUT2D eigenvalue weighted by atomic mass is 32.2. The Bertz CT molecular complexity index is 697. The molecule has 0 bridgehead atoms. The van der Waals surface area contributed by atoms with E-state index in [-0.39, 0.29) is 16.8 Å². The van der Waals surface area contributed by atoms with E-state index < -0.39 is 10.0 Å². The van der Waals surface area contributed by atoms with Crippen molar-refractivity contribution < 1.29 is 12.8 Å². The molecule has 1 unspecified atom stereocenters. The fraction of sp³-hybridized carbons (Fsp3) is 0.200. The number of rotatable bonds is 5. The third-order valence-electron chi connectivity index (χ3n) is 3.23. The molecule has 1 atom stereocenters. The summed E-state index contributed by atoms with van der Waals surface area (Å²) in [5, 5.41) is 8.33. The van der Waals surface area contributed by atoms with Gasteiger partial charge in [0.2, 0.25) is 10.0 Å². The molecular formula is C15H17FN2O2S. The molecule has 6 heteroatoms. The van der Waals surface area contributed by atoms with Crippen molar-refractivity contribution in [2.24, 2.45) is 5.14 Å². The highest BCUT2D eigenvalue weighted by Gasteiger charge is 2.08. The first-order valence-corrected chi connectivity index (χ1v) is 8.01. The van der Waals surface area contributed by atoms with Gasteiger partial charge in [0.15, 0.2) is 0 Å². The number of sulfonamides is 1. The van der Waals surface area contributed by atoms with Gasteiger partial charge >= 0.3 is 0 Å². The van der Waals surface area contributed by atoms with Crippen molar-refractivity contribution in [1.29, 1.82) is 0 Å². The van der Waals surface area contributed by atoms with Crippen LogP contribution in [0.3, 0.4) is 0 Å². The van der Waals surface area contributed by atoms with E-state index in [1.54, 1.807) is 24.3 Å². The van der Waals surface area contributed by atoms with Crippen LogP contribution in [0.1, 0.15) is 24.1 Å². The molecule has 0 heterocycles. The van der Waals surface area contributed by atoms with Crippen LogP contribution < -0.4 is 10.5 Å². The lowest BCUT2D eigenvalue weighted by atomic mass is 10.1. The van der Waals surface area contributed by atoms with Gasteiger partial charge in [-0.3, -0.25) is 0 Å². The van der Waals surface area contributed by atoms with Crippen molar-refractivity contribution in [3.05, 3.63) is 65.5 Å². The average molecular weight is 308 g/mol. The minimum atomic E-state index is -3.65. The Hall–Kier alpha value is -1.76. The number of hydrogen-bond acceptors (Lipinski definition) is 3. The van der Waals surface area contributed by atoms with Crippen molar-refractivity contribution >= 4 is 10.0 Å². The Morgan fingerprint density at radius 3 is 2.19 bits per heavy atom.